The highest BCUT2D eigenvalue weighted by atomic mass is 17.4. The van der Waals surface area contributed by atoms with Gasteiger partial charge in [0.15, 0.2) is 0 Å². The predicted octanol–water partition coefficient (Wildman–Crippen LogP) is 4.15. The highest BCUT2D eigenvalue weighted by molar-refractivity contribution is 5.67. The summed E-state index contributed by atoms with van der Waals surface area (Å²) < 4.78 is 5.53. The van der Waals surface area contributed by atoms with E-state index in [-0.39, 0.29) is 17.6 Å². The molecular weight excluding hydrogens is 388 g/mol. The van der Waals surface area contributed by atoms with Crippen molar-refractivity contribution in [3.05, 3.63) is 0 Å². The third kappa shape index (κ3) is 6.29. The normalized spacial score (nSPS) is 35.0. The SMILES string of the molecule is CN(C)CCCNC(=O)OC1CCC2(CC1)OOC1(CCC(C(C)(C)C)CC1)OO2. The van der Waals surface area contributed by atoms with E-state index in [0.717, 1.165) is 38.6 Å². The van der Waals surface area contributed by atoms with Crippen LogP contribution >= 0.6 is 0 Å². The molecule has 174 valence electrons. The number of ether oxygens (including phenoxy) is 1. The quantitative estimate of drug-likeness (QED) is 0.521. The number of alkyl carbamates (subject to hydrolysis) is 1. The second-order valence-corrected chi connectivity index (χ2v) is 10.5. The van der Waals surface area contributed by atoms with Crippen LogP contribution in [0.4, 0.5) is 4.79 Å². The van der Waals surface area contributed by atoms with Crippen molar-refractivity contribution in [1.82, 2.24) is 10.2 Å². The van der Waals surface area contributed by atoms with Crippen LogP contribution in [0.5, 0.6) is 0 Å². The molecule has 1 saturated heterocycles. The van der Waals surface area contributed by atoms with E-state index >= 15 is 0 Å². The zero-order valence-corrected chi connectivity index (χ0v) is 19.3. The van der Waals surface area contributed by atoms with E-state index in [1.165, 1.54) is 0 Å². The summed E-state index contributed by atoms with van der Waals surface area (Å²) in [6.45, 7) is 8.39. The van der Waals surface area contributed by atoms with Gasteiger partial charge in [-0.3, -0.25) is 0 Å². The van der Waals surface area contributed by atoms with Crippen molar-refractivity contribution in [2.24, 2.45) is 11.3 Å². The molecule has 0 aromatic carbocycles. The Bertz CT molecular complexity index is 548. The molecule has 0 aromatic heterocycles. The number of hydrogen-bond acceptors (Lipinski definition) is 7. The number of carbonyl (C=O) groups excluding carboxylic acids is 1. The van der Waals surface area contributed by atoms with Crippen LogP contribution < -0.4 is 5.32 Å². The molecule has 1 heterocycles. The second kappa shape index (κ2) is 9.69. The highest BCUT2D eigenvalue weighted by Gasteiger charge is 2.52. The van der Waals surface area contributed by atoms with E-state index in [9.17, 15) is 4.79 Å². The first-order chi connectivity index (χ1) is 14.1. The molecule has 3 aliphatic rings. The lowest BCUT2D eigenvalue weighted by atomic mass is 9.71. The molecule has 0 bridgehead atoms. The van der Waals surface area contributed by atoms with E-state index in [4.69, 9.17) is 24.3 Å². The molecule has 1 amide bonds. The summed E-state index contributed by atoms with van der Waals surface area (Å²) in [5, 5.41) is 2.81. The second-order valence-electron chi connectivity index (χ2n) is 10.5. The minimum atomic E-state index is -0.895. The molecule has 1 aliphatic heterocycles. The van der Waals surface area contributed by atoms with Crippen molar-refractivity contribution in [2.45, 2.75) is 96.2 Å². The Morgan fingerprint density at radius 3 is 1.93 bits per heavy atom. The first-order valence-corrected chi connectivity index (χ1v) is 11.4. The smallest absolute Gasteiger partial charge is 0.407 e. The number of carbonyl (C=O) groups is 1. The van der Waals surface area contributed by atoms with Crippen LogP contribution in [0.1, 0.15) is 78.6 Å². The first kappa shape index (κ1) is 23.7. The fourth-order valence-electron chi connectivity index (χ4n) is 4.52. The van der Waals surface area contributed by atoms with Gasteiger partial charge in [0, 0.05) is 32.2 Å². The minimum Gasteiger partial charge on any atom is -0.446 e. The molecule has 0 radical (unpaired) electrons. The van der Waals surface area contributed by atoms with Crippen LogP contribution in [0.25, 0.3) is 0 Å². The molecule has 3 fully saturated rings. The molecular formula is C22H40N2O6. The fraction of sp³-hybridized carbons (Fsp3) is 0.955. The highest BCUT2D eigenvalue weighted by Crippen LogP contribution is 2.48. The molecule has 0 aromatic rings. The van der Waals surface area contributed by atoms with Gasteiger partial charge in [-0.25, -0.2) is 4.79 Å². The maximum Gasteiger partial charge on any atom is 0.407 e. The molecule has 0 unspecified atom stereocenters. The number of nitrogens with one attached hydrogen (secondary N) is 1. The molecule has 1 N–H and O–H groups in total. The van der Waals surface area contributed by atoms with Crippen molar-refractivity contribution in [3.63, 3.8) is 0 Å². The van der Waals surface area contributed by atoms with Crippen LogP contribution in [-0.2, 0) is 24.3 Å². The number of nitrogens with zero attached hydrogens (tertiary/aromatic N) is 1. The molecule has 2 aliphatic carbocycles. The Balaban J connectivity index is 1.36. The molecule has 2 spiro atoms. The van der Waals surface area contributed by atoms with Gasteiger partial charge in [-0.15, -0.1) is 0 Å². The lowest BCUT2D eigenvalue weighted by Gasteiger charge is -2.48. The van der Waals surface area contributed by atoms with Gasteiger partial charge >= 0.3 is 6.09 Å². The maximum absolute atomic E-state index is 12.0. The third-order valence-corrected chi connectivity index (χ3v) is 6.68. The summed E-state index contributed by atoms with van der Waals surface area (Å²) in [6, 6.07) is 0. The van der Waals surface area contributed by atoms with Gasteiger partial charge in [0.1, 0.15) is 6.10 Å². The Morgan fingerprint density at radius 1 is 0.967 bits per heavy atom. The van der Waals surface area contributed by atoms with E-state index in [0.29, 0.717) is 38.1 Å². The lowest BCUT2D eigenvalue weighted by molar-refractivity contribution is -0.663. The molecule has 2 saturated carbocycles. The average Bonchev–Trinajstić information content (AvgIpc) is 2.69. The van der Waals surface area contributed by atoms with Crippen molar-refractivity contribution >= 4 is 6.09 Å². The van der Waals surface area contributed by atoms with E-state index in [1.807, 2.05) is 14.1 Å². The Hall–Kier alpha value is -0.930. The van der Waals surface area contributed by atoms with Gasteiger partial charge in [-0.1, -0.05) is 20.8 Å². The van der Waals surface area contributed by atoms with E-state index in [2.05, 4.69) is 31.0 Å². The van der Waals surface area contributed by atoms with Gasteiger partial charge in [0.05, 0.1) is 0 Å². The molecule has 30 heavy (non-hydrogen) atoms. The van der Waals surface area contributed by atoms with Crippen molar-refractivity contribution in [3.8, 4) is 0 Å². The van der Waals surface area contributed by atoms with Crippen LogP contribution in [0.3, 0.4) is 0 Å². The molecule has 8 nitrogen and oxygen atoms in total. The summed E-state index contributed by atoms with van der Waals surface area (Å²) in [5.74, 6) is -1.03. The van der Waals surface area contributed by atoms with Crippen LogP contribution in [0, 0.1) is 11.3 Å². The Kier molecular flexibility index (Phi) is 7.66. The first-order valence-electron chi connectivity index (χ1n) is 11.4. The average molecular weight is 429 g/mol. The minimum absolute atomic E-state index is 0.144. The van der Waals surface area contributed by atoms with Crippen LogP contribution in [0.2, 0.25) is 0 Å². The Labute approximate surface area is 180 Å². The summed E-state index contributed by atoms with van der Waals surface area (Å²) in [6.07, 6.45) is 6.41. The maximum atomic E-state index is 12.0. The third-order valence-electron chi connectivity index (χ3n) is 6.68. The summed E-state index contributed by atoms with van der Waals surface area (Å²) in [7, 11) is 4.02. The standard InChI is InChI=1S/C22H40N2O6/c1-20(2,3)17-7-11-21(12-8-17)27-29-22(30-28-21)13-9-18(10-14-22)26-19(25)23-15-6-16-24(4)5/h17-18H,6-16H2,1-5H3,(H,23,25). The largest absolute Gasteiger partial charge is 0.446 e. The summed E-state index contributed by atoms with van der Waals surface area (Å²) in [4.78, 5) is 37.2. The lowest BCUT2D eigenvalue weighted by Crippen LogP contribution is -2.54. The van der Waals surface area contributed by atoms with Gasteiger partial charge in [0.25, 0.3) is 0 Å². The molecule has 8 heteroatoms. The zero-order valence-electron chi connectivity index (χ0n) is 19.3. The van der Waals surface area contributed by atoms with E-state index in [1.54, 1.807) is 0 Å². The predicted molar refractivity (Wildman–Crippen MR) is 111 cm³/mol. The number of amides is 1. The van der Waals surface area contributed by atoms with Gasteiger partial charge in [-0.05, 0) is 64.1 Å². The zero-order chi connectivity index (χ0) is 21.8. The van der Waals surface area contributed by atoms with Crippen molar-refractivity contribution in [1.29, 1.82) is 0 Å². The fourth-order valence-corrected chi connectivity index (χ4v) is 4.52. The summed E-state index contributed by atoms with van der Waals surface area (Å²) >= 11 is 0. The molecule has 0 atom stereocenters. The van der Waals surface area contributed by atoms with Gasteiger partial charge < -0.3 is 15.0 Å². The number of rotatable bonds is 5. The Morgan fingerprint density at radius 2 is 1.47 bits per heavy atom. The van der Waals surface area contributed by atoms with Gasteiger partial charge in [-0.2, -0.15) is 19.6 Å². The van der Waals surface area contributed by atoms with Gasteiger partial charge in [0.2, 0.25) is 11.6 Å². The van der Waals surface area contributed by atoms with Crippen LogP contribution in [0.15, 0.2) is 0 Å². The van der Waals surface area contributed by atoms with E-state index < -0.39 is 11.6 Å². The van der Waals surface area contributed by atoms with Crippen molar-refractivity contribution in [2.75, 3.05) is 27.2 Å². The number of hydrogen-bond donors (Lipinski definition) is 1. The monoisotopic (exact) mass is 428 g/mol. The topological polar surface area (TPSA) is 78.5 Å². The molecule has 3 rings (SSSR count). The summed E-state index contributed by atoms with van der Waals surface area (Å²) in [5.41, 5.74) is 0.288. The van der Waals surface area contributed by atoms with Crippen molar-refractivity contribution < 1.29 is 29.1 Å². The van der Waals surface area contributed by atoms with Crippen LogP contribution in [-0.4, -0.2) is 55.9 Å².